The van der Waals surface area contributed by atoms with E-state index in [1.165, 1.54) is 12.1 Å². The van der Waals surface area contributed by atoms with Crippen LogP contribution in [0.1, 0.15) is 11.5 Å². The number of nitrogens with zero attached hydrogens (tertiary/aromatic N) is 1. The van der Waals surface area contributed by atoms with E-state index in [0.29, 0.717) is 6.29 Å². The van der Waals surface area contributed by atoms with Crippen molar-refractivity contribution in [1.29, 1.82) is 0 Å². The number of rotatable bonds is 5. The maximum absolute atomic E-state index is 11.5. The summed E-state index contributed by atoms with van der Waals surface area (Å²) < 4.78 is 4.22. The minimum atomic E-state index is -1.31. The third kappa shape index (κ3) is 2.76. The third-order valence-electron chi connectivity index (χ3n) is 2.27. The van der Waals surface area contributed by atoms with Crippen LogP contribution < -0.4 is 0 Å². The van der Waals surface area contributed by atoms with Crippen LogP contribution in [0, 0.1) is 10.1 Å². The summed E-state index contributed by atoms with van der Waals surface area (Å²) in [5.74, 6) is -3.45. The number of ketones is 1. The fourth-order valence-corrected chi connectivity index (χ4v) is 1.32. The van der Waals surface area contributed by atoms with Crippen molar-refractivity contribution >= 4 is 23.7 Å². The van der Waals surface area contributed by atoms with Gasteiger partial charge in [0.05, 0.1) is 12.0 Å². The highest BCUT2D eigenvalue weighted by Crippen LogP contribution is 2.19. The molecule has 7 heteroatoms. The normalized spacial score (nSPS) is 11.4. The Bertz CT molecular complexity index is 493. The lowest BCUT2D eigenvalue weighted by Gasteiger charge is -2.07. The monoisotopic (exact) mass is 251 g/mol. The van der Waals surface area contributed by atoms with E-state index in [1.54, 1.807) is 0 Å². The minimum Gasteiger partial charge on any atom is -0.463 e. The van der Waals surface area contributed by atoms with E-state index in [4.69, 9.17) is 0 Å². The highest BCUT2D eigenvalue weighted by atomic mass is 16.6. The lowest BCUT2D eigenvalue weighted by molar-refractivity contribution is -0.384. The van der Waals surface area contributed by atoms with Crippen LogP contribution in [0.3, 0.4) is 0 Å². The number of nitro groups is 1. The van der Waals surface area contributed by atoms with Gasteiger partial charge < -0.3 is 9.53 Å². The largest absolute Gasteiger partial charge is 0.463 e. The van der Waals surface area contributed by atoms with Crippen molar-refractivity contribution < 1.29 is 24.0 Å². The van der Waals surface area contributed by atoms with Crippen LogP contribution >= 0.6 is 0 Å². The predicted molar refractivity (Wildman–Crippen MR) is 58.9 cm³/mol. The van der Waals surface area contributed by atoms with E-state index in [-0.39, 0.29) is 11.3 Å². The highest BCUT2D eigenvalue weighted by molar-refractivity contribution is 6.38. The van der Waals surface area contributed by atoms with Crippen LogP contribution in [0.25, 0.3) is 0 Å². The van der Waals surface area contributed by atoms with Gasteiger partial charge in [-0.1, -0.05) is 12.1 Å². The van der Waals surface area contributed by atoms with E-state index >= 15 is 0 Å². The van der Waals surface area contributed by atoms with E-state index in [0.717, 1.165) is 19.2 Å². The highest BCUT2D eigenvalue weighted by Gasteiger charge is 2.27. The van der Waals surface area contributed by atoms with Crippen molar-refractivity contribution in [3.05, 3.63) is 39.9 Å². The Kier molecular flexibility index (Phi) is 4.25. The number of non-ortho nitro benzene ring substituents is 1. The number of ether oxygens (including phenoxy) is 1. The molecule has 1 aromatic rings. The molecule has 0 saturated carbocycles. The van der Waals surface area contributed by atoms with E-state index in [9.17, 15) is 24.5 Å². The summed E-state index contributed by atoms with van der Waals surface area (Å²) in [5.41, 5.74) is 0.0277. The first-order chi connectivity index (χ1) is 8.51. The van der Waals surface area contributed by atoms with E-state index < -0.39 is 22.6 Å². The molecule has 0 saturated heterocycles. The number of hydrogen-bond acceptors (Lipinski definition) is 6. The molecule has 0 spiro atoms. The molecule has 0 aromatic heterocycles. The molecule has 0 aliphatic heterocycles. The van der Waals surface area contributed by atoms with Gasteiger partial charge in [0.1, 0.15) is 12.2 Å². The molecule has 0 heterocycles. The Morgan fingerprint density at radius 2 is 1.89 bits per heavy atom. The molecule has 0 N–H and O–H groups in total. The maximum Gasteiger partial charge on any atom is 0.375 e. The summed E-state index contributed by atoms with van der Waals surface area (Å²) in [6.07, 6.45) is 0.292. The molecule has 0 amide bonds. The molecule has 1 rings (SSSR count). The van der Waals surface area contributed by atoms with Crippen molar-refractivity contribution in [2.75, 3.05) is 7.11 Å². The van der Waals surface area contributed by atoms with Gasteiger partial charge in [0.25, 0.3) is 11.5 Å². The quantitative estimate of drug-likeness (QED) is 0.190. The minimum absolute atomic E-state index is 0.172. The van der Waals surface area contributed by atoms with Gasteiger partial charge in [-0.15, -0.1) is 0 Å². The fraction of sp³-hybridized carbons (Fsp3) is 0.182. The first-order valence-electron chi connectivity index (χ1n) is 4.83. The summed E-state index contributed by atoms with van der Waals surface area (Å²) in [6.45, 7) is 0. The topological polar surface area (TPSA) is 104 Å². The summed E-state index contributed by atoms with van der Waals surface area (Å²) >= 11 is 0. The summed E-state index contributed by atoms with van der Waals surface area (Å²) in [4.78, 5) is 43.2. The Balaban J connectivity index is 3.03. The van der Waals surface area contributed by atoms with Crippen molar-refractivity contribution in [2.45, 2.75) is 5.92 Å². The molecule has 0 aliphatic carbocycles. The van der Waals surface area contributed by atoms with Gasteiger partial charge in [-0.05, 0) is 5.56 Å². The summed E-state index contributed by atoms with van der Waals surface area (Å²) in [5, 5.41) is 10.4. The first kappa shape index (κ1) is 13.5. The first-order valence-corrected chi connectivity index (χ1v) is 4.83. The standard InChI is InChI=1S/C11H9NO6/c1-18-11(15)10(14)9(6-13)7-2-4-8(5-3-7)12(16)17/h2-6,9H,1H3. The third-order valence-corrected chi connectivity index (χ3v) is 2.27. The summed E-state index contributed by atoms with van der Waals surface area (Å²) in [7, 11) is 1.03. The van der Waals surface area contributed by atoms with Gasteiger partial charge in [0, 0.05) is 12.1 Å². The van der Waals surface area contributed by atoms with Gasteiger partial charge >= 0.3 is 5.97 Å². The number of aldehydes is 1. The van der Waals surface area contributed by atoms with Gasteiger partial charge in [0.2, 0.25) is 0 Å². The number of carbonyl (C=O) groups is 3. The number of nitro benzene ring substituents is 1. The molecule has 0 fully saturated rings. The second-order valence-corrected chi connectivity index (χ2v) is 3.32. The van der Waals surface area contributed by atoms with E-state index in [2.05, 4.69) is 4.74 Å². The Labute approximate surface area is 102 Å². The second-order valence-electron chi connectivity index (χ2n) is 3.32. The van der Waals surface area contributed by atoms with E-state index in [1.807, 2.05) is 0 Å². The Hall–Kier alpha value is -2.57. The molecule has 1 aromatic carbocycles. The Morgan fingerprint density at radius 1 is 1.33 bits per heavy atom. The molecule has 18 heavy (non-hydrogen) atoms. The molecule has 7 nitrogen and oxygen atoms in total. The zero-order valence-electron chi connectivity index (χ0n) is 9.36. The zero-order chi connectivity index (χ0) is 13.7. The Morgan fingerprint density at radius 3 is 2.28 bits per heavy atom. The van der Waals surface area contributed by atoms with Crippen LogP contribution in [-0.2, 0) is 19.1 Å². The number of esters is 1. The van der Waals surface area contributed by atoms with Crippen LogP contribution in [0.2, 0.25) is 0 Å². The van der Waals surface area contributed by atoms with Crippen LogP contribution in [0.5, 0.6) is 0 Å². The molecular formula is C11H9NO6. The molecular weight excluding hydrogens is 242 g/mol. The van der Waals surface area contributed by atoms with Crippen LogP contribution in [0.15, 0.2) is 24.3 Å². The zero-order valence-corrected chi connectivity index (χ0v) is 9.36. The molecule has 0 radical (unpaired) electrons. The van der Waals surface area contributed by atoms with Gasteiger partial charge in [-0.25, -0.2) is 4.79 Å². The number of carbonyl (C=O) groups excluding carboxylic acids is 3. The van der Waals surface area contributed by atoms with Crippen LogP contribution in [-0.4, -0.2) is 30.1 Å². The average molecular weight is 251 g/mol. The predicted octanol–water partition coefficient (Wildman–Crippen LogP) is 0.619. The maximum atomic E-state index is 11.5. The van der Waals surface area contributed by atoms with Crippen molar-refractivity contribution in [2.24, 2.45) is 0 Å². The van der Waals surface area contributed by atoms with Crippen molar-refractivity contribution in [1.82, 2.24) is 0 Å². The van der Waals surface area contributed by atoms with Gasteiger partial charge in [0.15, 0.2) is 0 Å². The number of methoxy groups -OCH3 is 1. The second kappa shape index (κ2) is 5.67. The lowest BCUT2D eigenvalue weighted by atomic mass is 9.96. The smallest absolute Gasteiger partial charge is 0.375 e. The van der Waals surface area contributed by atoms with Crippen LogP contribution in [0.4, 0.5) is 5.69 Å². The molecule has 94 valence electrons. The van der Waals surface area contributed by atoms with Crippen molar-refractivity contribution in [3.63, 3.8) is 0 Å². The summed E-state index contributed by atoms with van der Waals surface area (Å²) in [6, 6.07) is 4.79. The van der Waals surface area contributed by atoms with Crippen molar-refractivity contribution in [3.8, 4) is 0 Å². The lowest BCUT2D eigenvalue weighted by Crippen LogP contribution is -2.24. The van der Waals surface area contributed by atoms with Gasteiger partial charge in [-0.3, -0.25) is 14.9 Å². The van der Waals surface area contributed by atoms with Gasteiger partial charge in [-0.2, -0.15) is 0 Å². The molecule has 0 bridgehead atoms. The number of benzene rings is 1. The number of hydrogen-bond donors (Lipinski definition) is 0. The fourth-order valence-electron chi connectivity index (χ4n) is 1.32. The molecule has 1 atom stereocenters. The average Bonchev–Trinajstić information content (AvgIpc) is 2.39. The molecule has 0 aliphatic rings. The SMILES string of the molecule is COC(=O)C(=O)C(C=O)c1ccc([N+](=O)[O-])cc1. The molecule has 1 unspecified atom stereocenters. The number of Topliss-reactive ketones (excluding diaryl/α,β-unsaturated/α-hetero) is 1.